The van der Waals surface area contributed by atoms with Crippen LogP contribution in [-0.2, 0) is 9.53 Å². The predicted molar refractivity (Wildman–Crippen MR) is 102 cm³/mol. The number of likely N-dealkylation sites (tertiary alicyclic amines) is 1. The van der Waals surface area contributed by atoms with Gasteiger partial charge in [-0.15, -0.1) is 0 Å². The number of amides is 1. The first-order chi connectivity index (χ1) is 13.1. The van der Waals surface area contributed by atoms with E-state index < -0.39 is 0 Å². The molecule has 148 valence electrons. The van der Waals surface area contributed by atoms with E-state index in [-0.39, 0.29) is 29.8 Å². The molecule has 3 atom stereocenters. The lowest BCUT2D eigenvalue weighted by atomic mass is 9.82. The van der Waals surface area contributed by atoms with E-state index >= 15 is 0 Å². The van der Waals surface area contributed by atoms with Gasteiger partial charge in [-0.25, -0.2) is 0 Å². The second kappa shape index (κ2) is 7.68. The Balaban J connectivity index is 1.27. The first-order valence-corrected chi connectivity index (χ1v) is 10.2. The molecular weight excluding hydrogens is 344 g/mol. The molecule has 3 unspecified atom stereocenters. The molecule has 2 fully saturated rings. The second-order valence-corrected chi connectivity index (χ2v) is 7.94. The highest BCUT2D eigenvalue weighted by Crippen LogP contribution is 2.35. The third kappa shape index (κ3) is 3.78. The molecular formula is C21H30N2O4. The lowest BCUT2D eigenvalue weighted by Gasteiger charge is -2.50. The van der Waals surface area contributed by atoms with Crippen molar-refractivity contribution >= 4 is 5.91 Å². The van der Waals surface area contributed by atoms with Crippen LogP contribution in [0.25, 0.3) is 0 Å². The van der Waals surface area contributed by atoms with Gasteiger partial charge in [0.2, 0.25) is 5.91 Å². The standard InChI is InChI=1S/C21H30N2O4/c1-3-17-20(24)22-15(2)21(27-17)9-12-23(13-10-21)11-8-16-14-25-18-6-4-5-7-19(18)26-16/h4-7,15-17H,3,8-14H2,1-2H3,(H,22,24). The fourth-order valence-electron chi connectivity index (χ4n) is 4.38. The minimum atomic E-state index is -0.305. The van der Waals surface area contributed by atoms with Crippen molar-refractivity contribution in [2.45, 2.75) is 63.4 Å². The van der Waals surface area contributed by atoms with E-state index in [2.05, 4.69) is 17.1 Å². The van der Waals surface area contributed by atoms with Gasteiger partial charge >= 0.3 is 0 Å². The molecule has 3 aliphatic rings. The third-order valence-electron chi connectivity index (χ3n) is 6.23. The van der Waals surface area contributed by atoms with Crippen LogP contribution < -0.4 is 14.8 Å². The summed E-state index contributed by atoms with van der Waals surface area (Å²) in [6.07, 6.45) is 3.38. The molecule has 1 aromatic carbocycles. The minimum absolute atomic E-state index is 0.0350. The number of ether oxygens (including phenoxy) is 3. The molecule has 3 aliphatic heterocycles. The van der Waals surface area contributed by atoms with Gasteiger partial charge in [0.05, 0.1) is 11.6 Å². The van der Waals surface area contributed by atoms with Gasteiger partial charge in [-0.3, -0.25) is 4.79 Å². The van der Waals surface area contributed by atoms with Gasteiger partial charge in [-0.1, -0.05) is 19.1 Å². The van der Waals surface area contributed by atoms with Crippen LogP contribution in [0.15, 0.2) is 24.3 Å². The van der Waals surface area contributed by atoms with Crippen molar-refractivity contribution in [3.63, 3.8) is 0 Å². The Morgan fingerprint density at radius 2 is 1.96 bits per heavy atom. The summed E-state index contributed by atoms with van der Waals surface area (Å²) < 4.78 is 18.2. The molecule has 0 aliphatic carbocycles. The molecule has 3 heterocycles. The molecule has 1 spiro atoms. The Morgan fingerprint density at radius 1 is 1.22 bits per heavy atom. The molecule has 4 rings (SSSR count). The van der Waals surface area contributed by atoms with Crippen LogP contribution in [0.5, 0.6) is 11.5 Å². The van der Waals surface area contributed by atoms with Crippen molar-refractivity contribution in [2.75, 3.05) is 26.2 Å². The number of rotatable bonds is 4. The smallest absolute Gasteiger partial charge is 0.249 e. The van der Waals surface area contributed by atoms with Gasteiger partial charge in [0.25, 0.3) is 0 Å². The maximum Gasteiger partial charge on any atom is 0.249 e. The summed E-state index contributed by atoms with van der Waals surface area (Å²) in [4.78, 5) is 14.5. The maximum absolute atomic E-state index is 12.0. The molecule has 0 radical (unpaired) electrons. The topological polar surface area (TPSA) is 60.0 Å². The number of hydrogen-bond acceptors (Lipinski definition) is 5. The Hall–Kier alpha value is -1.79. The van der Waals surface area contributed by atoms with Crippen LogP contribution in [-0.4, -0.2) is 60.9 Å². The van der Waals surface area contributed by atoms with Gasteiger partial charge in [0.1, 0.15) is 18.8 Å². The van der Waals surface area contributed by atoms with Gasteiger partial charge in [-0.05, 0) is 38.3 Å². The largest absolute Gasteiger partial charge is 0.486 e. The fraction of sp³-hybridized carbons (Fsp3) is 0.667. The highest BCUT2D eigenvalue weighted by atomic mass is 16.6. The number of carbonyl (C=O) groups excluding carboxylic acids is 1. The molecule has 1 aromatic rings. The first-order valence-electron chi connectivity index (χ1n) is 10.2. The van der Waals surface area contributed by atoms with E-state index in [1.165, 1.54) is 0 Å². The van der Waals surface area contributed by atoms with E-state index in [0.717, 1.165) is 56.8 Å². The SMILES string of the molecule is CCC1OC2(CCN(CCC3COc4ccccc4O3)CC2)C(C)NC1=O. The number of hydrogen-bond donors (Lipinski definition) is 1. The number of nitrogens with one attached hydrogen (secondary N) is 1. The van der Waals surface area contributed by atoms with Gasteiger partial charge in [0.15, 0.2) is 11.5 Å². The monoisotopic (exact) mass is 374 g/mol. The summed E-state index contributed by atoms with van der Waals surface area (Å²) in [5.74, 6) is 1.72. The summed E-state index contributed by atoms with van der Waals surface area (Å²) >= 11 is 0. The predicted octanol–water partition coefficient (Wildman–Crippen LogP) is 2.36. The number of nitrogens with zero attached hydrogens (tertiary/aromatic N) is 1. The molecule has 1 amide bonds. The number of morpholine rings is 1. The van der Waals surface area contributed by atoms with Crippen molar-refractivity contribution in [2.24, 2.45) is 0 Å². The zero-order valence-corrected chi connectivity index (χ0v) is 16.3. The summed E-state index contributed by atoms with van der Waals surface area (Å²) in [6.45, 7) is 7.66. The first kappa shape index (κ1) is 18.6. The average Bonchev–Trinajstić information content (AvgIpc) is 2.70. The minimum Gasteiger partial charge on any atom is -0.486 e. The number of piperidine rings is 1. The summed E-state index contributed by atoms with van der Waals surface area (Å²) in [5, 5.41) is 3.13. The van der Waals surface area contributed by atoms with Crippen molar-refractivity contribution in [1.29, 1.82) is 0 Å². The van der Waals surface area contributed by atoms with Crippen LogP contribution in [0.1, 0.15) is 39.5 Å². The van der Waals surface area contributed by atoms with E-state index in [1.54, 1.807) is 0 Å². The molecule has 0 bridgehead atoms. The maximum atomic E-state index is 12.0. The molecule has 6 heteroatoms. The van der Waals surface area contributed by atoms with Crippen LogP contribution in [0.3, 0.4) is 0 Å². The number of para-hydroxylation sites is 2. The lowest BCUT2D eigenvalue weighted by molar-refractivity contribution is -0.182. The fourth-order valence-corrected chi connectivity index (χ4v) is 4.38. The lowest BCUT2D eigenvalue weighted by Crippen LogP contribution is -2.65. The number of benzene rings is 1. The Morgan fingerprint density at radius 3 is 2.70 bits per heavy atom. The molecule has 0 aromatic heterocycles. The van der Waals surface area contributed by atoms with Crippen LogP contribution in [0.2, 0.25) is 0 Å². The van der Waals surface area contributed by atoms with Gasteiger partial charge in [-0.2, -0.15) is 0 Å². The van der Waals surface area contributed by atoms with Crippen LogP contribution >= 0.6 is 0 Å². The van der Waals surface area contributed by atoms with Crippen molar-refractivity contribution in [1.82, 2.24) is 10.2 Å². The normalized spacial score (nSPS) is 30.1. The summed E-state index contributed by atoms with van der Waals surface area (Å²) in [6, 6.07) is 7.92. The van der Waals surface area contributed by atoms with E-state index in [4.69, 9.17) is 14.2 Å². The van der Waals surface area contributed by atoms with E-state index in [9.17, 15) is 4.79 Å². The Bertz CT molecular complexity index is 672. The molecule has 27 heavy (non-hydrogen) atoms. The summed E-state index contributed by atoms with van der Waals surface area (Å²) in [7, 11) is 0. The van der Waals surface area contributed by atoms with Crippen LogP contribution in [0, 0.1) is 0 Å². The molecule has 6 nitrogen and oxygen atoms in total. The number of fused-ring (bicyclic) bond motifs is 1. The van der Waals surface area contributed by atoms with Crippen molar-refractivity contribution < 1.29 is 19.0 Å². The number of carbonyl (C=O) groups is 1. The zero-order chi connectivity index (χ0) is 18.9. The van der Waals surface area contributed by atoms with Crippen molar-refractivity contribution in [3.8, 4) is 11.5 Å². The molecule has 2 saturated heterocycles. The van der Waals surface area contributed by atoms with E-state index in [0.29, 0.717) is 6.61 Å². The van der Waals surface area contributed by atoms with Crippen LogP contribution in [0.4, 0.5) is 0 Å². The average molecular weight is 374 g/mol. The van der Waals surface area contributed by atoms with Gasteiger partial charge < -0.3 is 24.4 Å². The Kier molecular flexibility index (Phi) is 5.28. The zero-order valence-electron chi connectivity index (χ0n) is 16.3. The Labute approximate surface area is 161 Å². The highest BCUT2D eigenvalue weighted by molar-refractivity contribution is 5.82. The quantitative estimate of drug-likeness (QED) is 0.877. The van der Waals surface area contributed by atoms with E-state index in [1.807, 2.05) is 31.2 Å². The second-order valence-electron chi connectivity index (χ2n) is 7.94. The third-order valence-corrected chi connectivity index (χ3v) is 6.23. The van der Waals surface area contributed by atoms with Crippen molar-refractivity contribution in [3.05, 3.63) is 24.3 Å². The highest BCUT2D eigenvalue weighted by Gasteiger charge is 2.47. The van der Waals surface area contributed by atoms with Gasteiger partial charge in [0, 0.05) is 26.1 Å². The molecule has 1 N–H and O–H groups in total. The molecule has 0 saturated carbocycles. The summed E-state index contributed by atoms with van der Waals surface area (Å²) in [5.41, 5.74) is -0.214.